The van der Waals surface area contributed by atoms with Crippen molar-refractivity contribution in [3.05, 3.63) is 0 Å². The summed E-state index contributed by atoms with van der Waals surface area (Å²) in [6, 6.07) is 0. The Hall–Kier alpha value is -0.160. The van der Waals surface area contributed by atoms with Crippen LogP contribution in [0.2, 0.25) is 0 Å². The Balaban J connectivity index is 1.71. The molecule has 19 heavy (non-hydrogen) atoms. The molecule has 3 fully saturated rings. The van der Waals surface area contributed by atoms with Crippen molar-refractivity contribution in [2.45, 2.75) is 56.8 Å². The maximum Gasteiger partial charge on any atom is 0.0707 e. The average Bonchev–Trinajstić information content (AvgIpc) is 2.68. The van der Waals surface area contributed by atoms with Crippen molar-refractivity contribution < 1.29 is 4.74 Å². The van der Waals surface area contributed by atoms with Crippen molar-refractivity contribution in [2.75, 3.05) is 39.3 Å². The number of hydrogen-bond acceptors (Lipinski definition) is 4. The molecule has 0 aromatic heterocycles. The minimum Gasteiger partial charge on any atom is -0.372 e. The van der Waals surface area contributed by atoms with Crippen molar-refractivity contribution in [1.82, 2.24) is 9.80 Å². The van der Waals surface area contributed by atoms with E-state index in [4.69, 9.17) is 10.5 Å². The molecule has 3 heterocycles. The maximum atomic E-state index is 6.24. The lowest BCUT2D eigenvalue weighted by molar-refractivity contribution is -0.0801. The molecule has 3 rings (SSSR count). The predicted octanol–water partition coefficient (Wildman–Crippen LogP) is 1.05. The zero-order valence-electron chi connectivity index (χ0n) is 12.3. The summed E-state index contributed by atoms with van der Waals surface area (Å²) in [5.41, 5.74) is 6.48. The first kappa shape index (κ1) is 13.8. The third-order valence-corrected chi connectivity index (χ3v) is 5.55. The van der Waals surface area contributed by atoms with Gasteiger partial charge >= 0.3 is 0 Å². The summed E-state index contributed by atoms with van der Waals surface area (Å²) in [7, 11) is 0. The minimum atomic E-state index is 0.245. The fourth-order valence-corrected chi connectivity index (χ4v) is 4.20. The summed E-state index contributed by atoms with van der Waals surface area (Å²) in [6.45, 7) is 8.93. The molecule has 0 spiro atoms. The van der Waals surface area contributed by atoms with E-state index in [0.29, 0.717) is 12.2 Å². The highest BCUT2D eigenvalue weighted by Gasteiger charge is 2.43. The van der Waals surface area contributed by atoms with E-state index in [9.17, 15) is 0 Å². The fraction of sp³-hybridized carbons (Fsp3) is 1.00. The van der Waals surface area contributed by atoms with Gasteiger partial charge in [0.1, 0.15) is 0 Å². The van der Waals surface area contributed by atoms with E-state index < -0.39 is 0 Å². The van der Waals surface area contributed by atoms with Crippen LogP contribution in [-0.2, 0) is 4.74 Å². The second-order valence-corrected chi connectivity index (χ2v) is 6.58. The topological polar surface area (TPSA) is 41.7 Å². The summed E-state index contributed by atoms with van der Waals surface area (Å²) < 4.78 is 5.99. The summed E-state index contributed by atoms with van der Waals surface area (Å²) in [6.07, 6.45) is 7.25. The number of hydrogen-bond donors (Lipinski definition) is 1. The van der Waals surface area contributed by atoms with Crippen molar-refractivity contribution >= 4 is 0 Å². The molecular weight excluding hydrogens is 238 g/mol. The summed E-state index contributed by atoms with van der Waals surface area (Å²) in [5, 5.41) is 0. The van der Waals surface area contributed by atoms with Crippen molar-refractivity contribution in [3.63, 3.8) is 0 Å². The quantitative estimate of drug-likeness (QED) is 0.830. The standard InChI is InChI=1S/C15H29N3O/c1-2-17-8-3-6-15(12-16,7-9-17)18-10-13-4-5-14(11-18)19-13/h13-14H,2-12,16H2,1H3. The molecule has 3 unspecified atom stereocenters. The van der Waals surface area contributed by atoms with Gasteiger partial charge in [-0.25, -0.2) is 0 Å². The molecular formula is C15H29N3O. The van der Waals surface area contributed by atoms with Crippen LogP contribution in [0.3, 0.4) is 0 Å². The van der Waals surface area contributed by atoms with Gasteiger partial charge in [-0.1, -0.05) is 6.92 Å². The molecule has 3 atom stereocenters. The van der Waals surface area contributed by atoms with Crippen molar-refractivity contribution in [2.24, 2.45) is 5.73 Å². The third kappa shape index (κ3) is 2.68. The number of morpholine rings is 1. The summed E-state index contributed by atoms with van der Waals surface area (Å²) >= 11 is 0. The molecule has 3 saturated heterocycles. The first-order chi connectivity index (χ1) is 9.25. The van der Waals surface area contributed by atoms with Gasteiger partial charge in [0.2, 0.25) is 0 Å². The molecule has 0 amide bonds. The van der Waals surface area contributed by atoms with Gasteiger partial charge in [0.05, 0.1) is 12.2 Å². The Morgan fingerprint density at radius 2 is 1.89 bits per heavy atom. The lowest BCUT2D eigenvalue weighted by Gasteiger charge is -2.47. The van der Waals surface area contributed by atoms with Gasteiger partial charge in [0.15, 0.2) is 0 Å². The minimum absolute atomic E-state index is 0.245. The van der Waals surface area contributed by atoms with Crippen LogP contribution in [0.4, 0.5) is 0 Å². The van der Waals surface area contributed by atoms with Gasteiger partial charge in [-0.3, -0.25) is 4.90 Å². The van der Waals surface area contributed by atoms with Crippen LogP contribution in [0, 0.1) is 0 Å². The highest BCUT2D eigenvalue weighted by molar-refractivity contribution is 4.99. The van der Waals surface area contributed by atoms with Crippen LogP contribution in [-0.4, -0.2) is 66.8 Å². The van der Waals surface area contributed by atoms with Gasteiger partial charge in [-0.05, 0) is 51.7 Å². The zero-order chi connectivity index (χ0) is 13.3. The highest BCUT2D eigenvalue weighted by atomic mass is 16.5. The molecule has 2 bridgehead atoms. The molecule has 3 aliphatic rings. The Kier molecular flexibility index (Phi) is 4.13. The molecule has 0 saturated carbocycles. The SMILES string of the molecule is CCN1CCCC(CN)(N2CC3CCC(C2)O3)CC1. The van der Waals surface area contributed by atoms with Crippen LogP contribution >= 0.6 is 0 Å². The van der Waals surface area contributed by atoms with Crippen LogP contribution in [0.25, 0.3) is 0 Å². The van der Waals surface area contributed by atoms with Crippen LogP contribution < -0.4 is 5.73 Å². The second kappa shape index (κ2) is 5.68. The second-order valence-electron chi connectivity index (χ2n) is 6.58. The van der Waals surface area contributed by atoms with Crippen LogP contribution in [0.5, 0.6) is 0 Å². The van der Waals surface area contributed by atoms with Gasteiger partial charge in [0.25, 0.3) is 0 Å². The maximum absolute atomic E-state index is 6.24. The first-order valence-electron chi connectivity index (χ1n) is 8.09. The summed E-state index contributed by atoms with van der Waals surface area (Å²) in [5.74, 6) is 0. The lowest BCUT2D eigenvalue weighted by atomic mass is 9.87. The van der Waals surface area contributed by atoms with Gasteiger partial charge < -0.3 is 15.4 Å². The Labute approximate surface area is 117 Å². The largest absolute Gasteiger partial charge is 0.372 e. The molecule has 0 aliphatic carbocycles. The molecule has 0 aromatic rings. The van der Waals surface area contributed by atoms with E-state index in [1.54, 1.807) is 0 Å². The van der Waals surface area contributed by atoms with E-state index in [0.717, 1.165) is 19.6 Å². The number of ether oxygens (including phenoxy) is 1. The Bertz CT molecular complexity index is 300. The summed E-state index contributed by atoms with van der Waals surface area (Å²) in [4.78, 5) is 5.27. The molecule has 110 valence electrons. The number of rotatable bonds is 3. The van der Waals surface area contributed by atoms with E-state index in [-0.39, 0.29) is 5.54 Å². The Morgan fingerprint density at radius 3 is 2.53 bits per heavy atom. The fourth-order valence-electron chi connectivity index (χ4n) is 4.20. The monoisotopic (exact) mass is 267 g/mol. The molecule has 2 N–H and O–H groups in total. The number of likely N-dealkylation sites (tertiary alicyclic amines) is 2. The molecule has 0 aromatic carbocycles. The van der Waals surface area contributed by atoms with Crippen LogP contribution in [0.15, 0.2) is 0 Å². The lowest BCUT2D eigenvalue weighted by Crippen LogP contribution is -2.59. The van der Waals surface area contributed by atoms with E-state index in [2.05, 4.69) is 16.7 Å². The van der Waals surface area contributed by atoms with Crippen molar-refractivity contribution in [3.8, 4) is 0 Å². The predicted molar refractivity (Wildman–Crippen MR) is 77.2 cm³/mol. The number of nitrogens with two attached hydrogens (primary N) is 1. The number of fused-ring (bicyclic) bond motifs is 2. The third-order valence-electron chi connectivity index (χ3n) is 5.55. The average molecular weight is 267 g/mol. The smallest absolute Gasteiger partial charge is 0.0707 e. The first-order valence-corrected chi connectivity index (χ1v) is 8.09. The highest BCUT2D eigenvalue weighted by Crippen LogP contribution is 2.35. The zero-order valence-corrected chi connectivity index (χ0v) is 12.3. The van der Waals surface area contributed by atoms with E-state index >= 15 is 0 Å². The normalized spacial score (nSPS) is 41.4. The van der Waals surface area contributed by atoms with E-state index in [1.165, 1.54) is 51.7 Å². The van der Waals surface area contributed by atoms with E-state index in [1.807, 2.05) is 0 Å². The molecule has 3 aliphatic heterocycles. The van der Waals surface area contributed by atoms with Gasteiger partial charge in [-0.15, -0.1) is 0 Å². The van der Waals surface area contributed by atoms with Crippen LogP contribution in [0.1, 0.15) is 39.0 Å². The molecule has 4 heteroatoms. The molecule has 4 nitrogen and oxygen atoms in total. The van der Waals surface area contributed by atoms with Crippen molar-refractivity contribution in [1.29, 1.82) is 0 Å². The Morgan fingerprint density at radius 1 is 1.16 bits per heavy atom. The van der Waals surface area contributed by atoms with Gasteiger partial charge in [-0.2, -0.15) is 0 Å². The van der Waals surface area contributed by atoms with Gasteiger partial charge in [0, 0.05) is 25.2 Å². The molecule has 0 radical (unpaired) electrons. The number of nitrogens with zero attached hydrogens (tertiary/aromatic N) is 2.